The number of likely N-dealkylation sites (tertiary alicyclic amines) is 1. The topological polar surface area (TPSA) is 58.2 Å². The molecule has 5 heteroatoms. The predicted octanol–water partition coefficient (Wildman–Crippen LogP) is 1.92. The van der Waals surface area contributed by atoms with E-state index in [4.69, 9.17) is 4.74 Å². The number of methoxy groups -OCH3 is 1. The molecule has 1 aromatic heterocycles. The fourth-order valence-corrected chi connectivity index (χ4v) is 2.61. The second-order valence-electron chi connectivity index (χ2n) is 5.37. The zero-order valence-electron chi connectivity index (χ0n) is 12.0. The lowest BCUT2D eigenvalue weighted by Gasteiger charge is -2.19. The maximum Gasteiger partial charge on any atom is 0.274 e. The number of hydrogen-bond acceptors (Lipinski definition) is 3. The molecule has 0 radical (unpaired) electrons. The summed E-state index contributed by atoms with van der Waals surface area (Å²) < 4.78 is 5.22. The monoisotopic (exact) mass is 265 g/mol. The highest BCUT2D eigenvalue weighted by Gasteiger charge is 2.24. The minimum absolute atomic E-state index is 0.0555. The van der Waals surface area contributed by atoms with Crippen LogP contribution in [0, 0.1) is 19.8 Å². The summed E-state index contributed by atoms with van der Waals surface area (Å²) in [5.74, 6) is 0.629. The molecule has 1 unspecified atom stereocenters. The van der Waals surface area contributed by atoms with Crippen LogP contribution in [0.4, 0.5) is 0 Å². The minimum Gasteiger partial charge on any atom is -0.384 e. The van der Waals surface area contributed by atoms with E-state index < -0.39 is 0 Å². The lowest BCUT2D eigenvalue weighted by molar-refractivity contribution is 0.0749. The molecule has 0 bridgehead atoms. The number of nitrogens with one attached hydrogen (secondary N) is 1. The Morgan fingerprint density at radius 3 is 2.84 bits per heavy atom. The molecule has 0 spiro atoms. The van der Waals surface area contributed by atoms with Crippen LogP contribution in [0.5, 0.6) is 0 Å². The van der Waals surface area contributed by atoms with Gasteiger partial charge >= 0.3 is 0 Å². The third-order valence-electron chi connectivity index (χ3n) is 3.99. The quantitative estimate of drug-likeness (QED) is 0.908. The minimum atomic E-state index is 0.0555. The molecule has 0 saturated carbocycles. The first-order valence-electron chi connectivity index (χ1n) is 6.93. The molecule has 1 aliphatic heterocycles. The Balaban J connectivity index is 2.02. The molecule has 106 valence electrons. The molecule has 1 aromatic rings. The van der Waals surface area contributed by atoms with Crippen molar-refractivity contribution in [1.82, 2.24) is 15.1 Å². The van der Waals surface area contributed by atoms with Gasteiger partial charge in [0.1, 0.15) is 0 Å². The normalized spacial score (nSPS) is 20.4. The van der Waals surface area contributed by atoms with Crippen molar-refractivity contribution in [1.29, 1.82) is 0 Å². The molecule has 2 rings (SSSR count). The fraction of sp³-hybridized carbons (Fsp3) is 0.714. The smallest absolute Gasteiger partial charge is 0.274 e. The number of hydrogen-bond donors (Lipinski definition) is 1. The lowest BCUT2D eigenvalue weighted by Crippen LogP contribution is -2.32. The Labute approximate surface area is 114 Å². The van der Waals surface area contributed by atoms with Crippen LogP contribution in [-0.4, -0.2) is 47.8 Å². The summed E-state index contributed by atoms with van der Waals surface area (Å²) in [5, 5.41) is 7.02. The summed E-state index contributed by atoms with van der Waals surface area (Å²) >= 11 is 0. The number of H-pyrrole nitrogens is 1. The summed E-state index contributed by atoms with van der Waals surface area (Å²) in [6, 6.07) is 0. The molecular weight excluding hydrogens is 242 g/mol. The zero-order chi connectivity index (χ0) is 13.8. The highest BCUT2D eigenvalue weighted by molar-refractivity contribution is 5.93. The highest BCUT2D eigenvalue weighted by Crippen LogP contribution is 2.20. The summed E-state index contributed by atoms with van der Waals surface area (Å²) in [6.45, 7) is 6.30. The van der Waals surface area contributed by atoms with Crippen LogP contribution in [0.25, 0.3) is 0 Å². The van der Waals surface area contributed by atoms with E-state index in [1.165, 1.54) is 0 Å². The van der Waals surface area contributed by atoms with Gasteiger partial charge in [0.05, 0.1) is 0 Å². The number of aryl methyl sites for hydroxylation is 1. The molecule has 1 aliphatic rings. The molecule has 2 heterocycles. The van der Waals surface area contributed by atoms with E-state index in [1.54, 1.807) is 7.11 Å². The predicted molar refractivity (Wildman–Crippen MR) is 73.2 cm³/mol. The van der Waals surface area contributed by atoms with Gasteiger partial charge in [-0.2, -0.15) is 5.10 Å². The van der Waals surface area contributed by atoms with Gasteiger partial charge in [-0.05, 0) is 39.0 Å². The van der Waals surface area contributed by atoms with Crippen LogP contribution in [0.3, 0.4) is 0 Å². The Bertz CT molecular complexity index is 442. The van der Waals surface area contributed by atoms with E-state index in [2.05, 4.69) is 10.2 Å². The molecule has 1 saturated heterocycles. The van der Waals surface area contributed by atoms with Gasteiger partial charge < -0.3 is 9.64 Å². The number of rotatable bonds is 3. The van der Waals surface area contributed by atoms with Gasteiger partial charge in [0, 0.05) is 38.1 Å². The number of aromatic amines is 1. The molecule has 1 fully saturated rings. The van der Waals surface area contributed by atoms with Crippen LogP contribution >= 0.6 is 0 Å². The molecule has 0 aromatic carbocycles. The average molecular weight is 265 g/mol. The van der Waals surface area contributed by atoms with Gasteiger partial charge in [0.15, 0.2) is 5.69 Å². The number of ether oxygens (including phenoxy) is 1. The molecular formula is C14H23N3O2. The van der Waals surface area contributed by atoms with E-state index >= 15 is 0 Å². The fourth-order valence-electron chi connectivity index (χ4n) is 2.61. The molecule has 19 heavy (non-hydrogen) atoms. The van der Waals surface area contributed by atoms with Gasteiger partial charge in [0.2, 0.25) is 0 Å². The van der Waals surface area contributed by atoms with E-state index in [0.29, 0.717) is 11.6 Å². The van der Waals surface area contributed by atoms with E-state index in [1.807, 2.05) is 18.7 Å². The first kappa shape index (κ1) is 14.1. The second kappa shape index (κ2) is 6.19. The number of carbonyl (C=O) groups excluding carboxylic acids is 1. The van der Waals surface area contributed by atoms with E-state index in [0.717, 1.165) is 50.2 Å². The Morgan fingerprint density at radius 2 is 2.21 bits per heavy atom. The largest absolute Gasteiger partial charge is 0.384 e. The van der Waals surface area contributed by atoms with E-state index in [9.17, 15) is 4.79 Å². The van der Waals surface area contributed by atoms with Crippen LogP contribution in [0.15, 0.2) is 0 Å². The summed E-state index contributed by atoms with van der Waals surface area (Å²) in [5.41, 5.74) is 2.50. The van der Waals surface area contributed by atoms with Crippen molar-refractivity contribution < 1.29 is 9.53 Å². The van der Waals surface area contributed by atoms with Gasteiger partial charge in [-0.15, -0.1) is 0 Å². The van der Waals surface area contributed by atoms with Crippen molar-refractivity contribution in [2.45, 2.75) is 33.1 Å². The number of carbonyl (C=O) groups is 1. The van der Waals surface area contributed by atoms with Crippen LogP contribution in [0.1, 0.15) is 41.0 Å². The zero-order valence-corrected chi connectivity index (χ0v) is 12.0. The number of aromatic nitrogens is 2. The highest BCUT2D eigenvalue weighted by atomic mass is 16.5. The first-order valence-corrected chi connectivity index (χ1v) is 6.93. The van der Waals surface area contributed by atoms with Crippen LogP contribution in [0.2, 0.25) is 0 Å². The van der Waals surface area contributed by atoms with Gasteiger partial charge in [-0.1, -0.05) is 0 Å². The molecule has 5 nitrogen and oxygen atoms in total. The van der Waals surface area contributed by atoms with Crippen LogP contribution in [-0.2, 0) is 4.74 Å². The summed E-state index contributed by atoms with van der Waals surface area (Å²) in [7, 11) is 1.74. The Kier molecular flexibility index (Phi) is 4.58. The molecule has 1 atom stereocenters. The van der Waals surface area contributed by atoms with Crippen molar-refractivity contribution in [3.63, 3.8) is 0 Å². The van der Waals surface area contributed by atoms with E-state index in [-0.39, 0.29) is 5.91 Å². The van der Waals surface area contributed by atoms with Crippen LogP contribution < -0.4 is 0 Å². The molecule has 0 aliphatic carbocycles. The third kappa shape index (κ3) is 3.15. The maximum absolute atomic E-state index is 12.5. The second-order valence-corrected chi connectivity index (χ2v) is 5.37. The number of nitrogens with zero attached hydrogens (tertiary/aromatic N) is 2. The van der Waals surface area contributed by atoms with Crippen molar-refractivity contribution in [2.24, 2.45) is 5.92 Å². The summed E-state index contributed by atoms with van der Waals surface area (Å²) in [6.07, 6.45) is 3.19. The van der Waals surface area contributed by atoms with Gasteiger partial charge in [-0.25, -0.2) is 0 Å². The van der Waals surface area contributed by atoms with Crippen molar-refractivity contribution in [3.8, 4) is 0 Å². The third-order valence-corrected chi connectivity index (χ3v) is 3.99. The molecule has 1 amide bonds. The van der Waals surface area contributed by atoms with Gasteiger partial charge in [-0.3, -0.25) is 9.89 Å². The summed E-state index contributed by atoms with van der Waals surface area (Å²) in [4.78, 5) is 14.4. The maximum atomic E-state index is 12.5. The van der Waals surface area contributed by atoms with Crippen molar-refractivity contribution >= 4 is 5.91 Å². The molecule has 1 N–H and O–H groups in total. The van der Waals surface area contributed by atoms with Gasteiger partial charge in [0.25, 0.3) is 5.91 Å². The van der Waals surface area contributed by atoms with Crippen molar-refractivity contribution in [3.05, 3.63) is 17.0 Å². The average Bonchev–Trinajstić information content (AvgIpc) is 2.62. The first-order chi connectivity index (χ1) is 9.13. The Hall–Kier alpha value is -1.36. The number of amides is 1. The standard InChI is InChI=1S/C14H23N3O2/c1-10-11(2)15-16-13(10)14(18)17-7-4-5-12(6-8-17)9-19-3/h12H,4-9H2,1-3H3,(H,15,16). The van der Waals surface area contributed by atoms with Crippen molar-refractivity contribution in [2.75, 3.05) is 26.8 Å². The SMILES string of the molecule is COCC1CCCN(C(=O)c2n[nH]c(C)c2C)CC1. The lowest BCUT2D eigenvalue weighted by atomic mass is 10.0. The Morgan fingerprint density at radius 1 is 1.42 bits per heavy atom.